The Morgan fingerprint density at radius 2 is 1.90 bits per heavy atom. The fourth-order valence-electron chi connectivity index (χ4n) is 4.41. The average molecular weight is 416 g/mol. The largest absolute Gasteiger partial charge is 0.391 e. The molecule has 1 unspecified atom stereocenters. The molecule has 1 aromatic heterocycles. The first-order valence-electron chi connectivity index (χ1n) is 10.2. The van der Waals surface area contributed by atoms with Crippen molar-refractivity contribution in [2.24, 2.45) is 11.8 Å². The number of alkyl halides is 3. The highest BCUT2D eigenvalue weighted by Crippen LogP contribution is 2.39. The van der Waals surface area contributed by atoms with E-state index in [9.17, 15) is 18.0 Å². The number of hydrogen-bond acceptors (Lipinski definition) is 5. The highest BCUT2D eigenvalue weighted by atomic mass is 19.4. The van der Waals surface area contributed by atoms with E-state index in [-0.39, 0.29) is 30.6 Å². The minimum atomic E-state index is -4.11. The maximum atomic E-state index is 12.8. The van der Waals surface area contributed by atoms with Crippen molar-refractivity contribution in [3.63, 3.8) is 0 Å². The molecule has 1 aromatic rings. The molecule has 0 bridgehead atoms. The van der Waals surface area contributed by atoms with Gasteiger partial charge in [0, 0.05) is 26.2 Å². The molecule has 3 aliphatic rings. The zero-order chi connectivity index (χ0) is 20.6. The van der Waals surface area contributed by atoms with Gasteiger partial charge < -0.3 is 9.47 Å². The molecule has 7 nitrogen and oxygen atoms in total. The monoisotopic (exact) mass is 416 g/mol. The zero-order valence-corrected chi connectivity index (χ0v) is 16.5. The van der Waals surface area contributed by atoms with E-state index < -0.39 is 18.4 Å². The van der Waals surface area contributed by atoms with Gasteiger partial charge in [0.2, 0.25) is 6.35 Å². The predicted molar refractivity (Wildman–Crippen MR) is 97.7 cm³/mol. The summed E-state index contributed by atoms with van der Waals surface area (Å²) in [7, 11) is 1.64. The minimum Gasteiger partial charge on any atom is -0.381 e. The third-order valence-corrected chi connectivity index (χ3v) is 6.31. The number of nitrogens with zero attached hydrogens (tertiary/aromatic N) is 3. The number of hydrogen-bond donors (Lipinski definition) is 1. The summed E-state index contributed by atoms with van der Waals surface area (Å²) in [4.78, 5) is 18.6. The second-order valence-corrected chi connectivity index (χ2v) is 8.21. The lowest BCUT2D eigenvalue weighted by atomic mass is 9.82. The van der Waals surface area contributed by atoms with Crippen molar-refractivity contribution < 1.29 is 27.4 Å². The molecule has 162 valence electrons. The molecule has 1 saturated carbocycles. The van der Waals surface area contributed by atoms with Crippen molar-refractivity contribution in [1.82, 2.24) is 14.6 Å². The maximum Gasteiger partial charge on any atom is 0.391 e. The summed E-state index contributed by atoms with van der Waals surface area (Å²) < 4.78 is 51.6. The summed E-state index contributed by atoms with van der Waals surface area (Å²) in [6.45, 7) is 1.65. The van der Waals surface area contributed by atoms with Gasteiger partial charge in [-0.15, -0.1) is 0 Å². The first-order chi connectivity index (χ1) is 13.8. The lowest BCUT2D eigenvalue weighted by molar-refractivity contribution is -0.185. The summed E-state index contributed by atoms with van der Waals surface area (Å²) in [5.41, 5.74) is 3.67. The molecule has 0 aromatic carbocycles. The van der Waals surface area contributed by atoms with Gasteiger partial charge in [0.1, 0.15) is 11.5 Å². The maximum absolute atomic E-state index is 12.8. The Bertz CT molecular complexity index is 725. The third kappa shape index (κ3) is 4.23. The molecule has 1 saturated heterocycles. The average Bonchev–Trinajstić information content (AvgIpc) is 3.14. The second kappa shape index (κ2) is 8.14. The van der Waals surface area contributed by atoms with Crippen molar-refractivity contribution >= 4 is 5.91 Å². The summed E-state index contributed by atoms with van der Waals surface area (Å²) in [5.74, 6) is -0.326. The molecule has 0 radical (unpaired) electrons. The number of fused-ring (bicyclic) bond motifs is 1. The molecule has 1 N–H and O–H groups in total. The Morgan fingerprint density at radius 3 is 2.55 bits per heavy atom. The summed E-state index contributed by atoms with van der Waals surface area (Å²) in [5, 5.41) is 0. The number of amides is 1. The van der Waals surface area contributed by atoms with Gasteiger partial charge in [-0.05, 0) is 44.4 Å². The molecular weight excluding hydrogens is 389 g/mol. The van der Waals surface area contributed by atoms with Gasteiger partial charge in [-0.25, -0.2) is 9.66 Å². The summed E-state index contributed by atoms with van der Waals surface area (Å²) in [6, 6.07) is 0. The van der Waals surface area contributed by atoms with Crippen LogP contribution in [-0.4, -0.2) is 59.9 Å². The lowest BCUT2D eigenvalue weighted by Crippen LogP contribution is -2.53. The molecule has 2 aliphatic heterocycles. The number of rotatable bonds is 4. The van der Waals surface area contributed by atoms with E-state index in [4.69, 9.17) is 9.47 Å². The van der Waals surface area contributed by atoms with Crippen LogP contribution in [-0.2, 0) is 9.47 Å². The molecular formula is C19H27F3N4O3. The smallest absolute Gasteiger partial charge is 0.381 e. The van der Waals surface area contributed by atoms with Gasteiger partial charge in [0.15, 0.2) is 0 Å². The van der Waals surface area contributed by atoms with Gasteiger partial charge in [-0.3, -0.25) is 15.1 Å². The van der Waals surface area contributed by atoms with Gasteiger partial charge in [-0.1, -0.05) is 0 Å². The van der Waals surface area contributed by atoms with Crippen molar-refractivity contribution in [2.45, 2.75) is 57.0 Å². The van der Waals surface area contributed by atoms with Crippen LogP contribution in [0.15, 0.2) is 6.20 Å². The predicted octanol–water partition coefficient (Wildman–Crippen LogP) is 3.08. The molecule has 3 heterocycles. The van der Waals surface area contributed by atoms with Crippen LogP contribution >= 0.6 is 0 Å². The molecule has 0 spiro atoms. The standard InChI is InChI=1S/C19H27F3N4O3/c1-25-17(27)15-10-23-16(13-6-8-28-9-7-13)26(15)24-18(25)29-11-12-2-4-14(5-3-12)19(20,21)22/h10,12-14,18,24H,2-9,11H2,1H3. The highest BCUT2D eigenvalue weighted by Gasteiger charge is 2.42. The van der Waals surface area contributed by atoms with E-state index in [2.05, 4.69) is 10.4 Å². The Labute approximate surface area is 167 Å². The number of aromatic nitrogens is 2. The molecule has 1 atom stereocenters. The lowest BCUT2D eigenvalue weighted by Gasteiger charge is -2.37. The van der Waals surface area contributed by atoms with E-state index in [1.807, 2.05) is 0 Å². The minimum absolute atomic E-state index is 0.0676. The number of ether oxygens (including phenoxy) is 2. The molecule has 10 heteroatoms. The topological polar surface area (TPSA) is 68.6 Å². The fourth-order valence-corrected chi connectivity index (χ4v) is 4.41. The van der Waals surface area contributed by atoms with Crippen LogP contribution in [0, 0.1) is 11.8 Å². The summed E-state index contributed by atoms with van der Waals surface area (Å²) >= 11 is 0. The number of nitrogens with one attached hydrogen (secondary N) is 1. The Morgan fingerprint density at radius 1 is 1.21 bits per heavy atom. The number of halogens is 3. The first kappa shape index (κ1) is 20.5. The van der Waals surface area contributed by atoms with E-state index in [0.717, 1.165) is 18.7 Å². The van der Waals surface area contributed by atoms with Crippen LogP contribution in [0.3, 0.4) is 0 Å². The third-order valence-electron chi connectivity index (χ3n) is 6.31. The molecule has 2 fully saturated rings. The van der Waals surface area contributed by atoms with E-state index >= 15 is 0 Å². The van der Waals surface area contributed by atoms with Crippen LogP contribution in [0.4, 0.5) is 13.2 Å². The summed E-state index contributed by atoms with van der Waals surface area (Å²) in [6.07, 6.45) is -0.271. The van der Waals surface area contributed by atoms with Crippen LogP contribution in [0.2, 0.25) is 0 Å². The van der Waals surface area contributed by atoms with Gasteiger partial charge in [0.05, 0.1) is 18.7 Å². The van der Waals surface area contributed by atoms with E-state index in [1.165, 1.54) is 4.90 Å². The van der Waals surface area contributed by atoms with Crippen LogP contribution in [0.5, 0.6) is 0 Å². The van der Waals surface area contributed by atoms with Crippen LogP contribution < -0.4 is 5.43 Å². The van der Waals surface area contributed by atoms with Gasteiger partial charge in [-0.2, -0.15) is 13.2 Å². The fraction of sp³-hybridized carbons (Fsp3) is 0.789. The second-order valence-electron chi connectivity index (χ2n) is 8.21. The van der Waals surface area contributed by atoms with Crippen LogP contribution in [0.1, 0.15) is 60.8 Å². The van der Waals surface area contributed by atoms with Crippen molar-refractivity contribution in [1.29, 1.82) is 0 Å². The van der Waals surface area contributed by atoms with Gasteiger partial charge in [0.25, 0.3) is 5.91 Å². The van der Waals surface area contributed by atoms with E-state index in [1.54, 1.807) is 17.9 Å². The molecule has 29 heavy (non-hydrogen) atoms. The van der Waals surface area contributed by atoms with Crippen molar-refractivity contribution in [3.8, 4) is 0 Å². The van der Waals surface area contributed by atoms with E-state index in [0.29, 0.717) is 38.4 Å². The molecule has 1 amide bonds. The molecule has 1 aliphatic carbocycles. The highest BCUT2D eigenvalue weighted by molar-refractivity contribution is 5.93. The normalized spacial score (nSPS) is 28.9. The van der Waals surface area contributed by atoms with Crippen molar-refractivity contribution in [3.05, 3.63) is 17.7 Å². The van der Waals surface area contributed by atoms with Crippen molar-refractivity contribution in [2.75, 3.05) is 32.3 Å². The SMILES string of the molecule is CN1C(=O)c2cnc(C3CCOCC3)n2NC1OCC1CCC(C(F)(F)F)CC1. The Hall–Kier alpha value is -1.81. The van der Waals surface area contributed by atoms with Crippen LogP contribution in [0.25, 0.3) is 0 Å². The molecule has 4 rings (SSSR count). The number of carbonyl (C=O) groups is 1. The number of carbonyl (C=O) groups excluding carboxylic acids is 1. The quantitative estimate of drug-likeness (QED) is 0.817. The Kier molecular flexibility index (Phi) is 5.74. The Balaban J connectivity index is 1.38. The number of imidazole rings is 1. The first-order valence-corrected chi connectivity index (χ1v) is 10.2. The zero-order valence-electron chi connectivity index (χ0n) is 16.5. The van der Waals surface area contributed by atoms with Gasteiger partial charge >= 0.3 is 6.18 Å².